The van der Waals surface area contributed by atoms with Crippen molar-refractivity contribution < 1.29 is 19.1 Å². The summed E-state index contributed by atoms with van der Waals surface area (Å²) in [4.78, 5) is 25.3. The molecule has 0 spiro atoms. The first-order valence-corrected chi connectivity index (χ1v) is 11.6. The van der Waals surface area contributed by atoms with Gasteiger partial charge < -0.3 is 9.47 Å². The van der Waals surface area contributed by atoms with Crippen LogP contribution in [-0.2, 0) is 9.53 Å². The van der Waals surface area contributed by atoms with E-state index in [9.17, 15) is 9.59 Å². The zero-order chi connectivity index (χ0) is 20.9. The molecule has 5 heteroatoms. The molecule has 0 aromatic heterocycles. The number of ether oxygens (including phenoxy) is 2. The van der Waals surface area contributed by atoms with Crippen molar-refractivity contribution in [3.05, 3.63) is 42.0 Å². The molecule has 2 atom stereocenters. The largest absolute Gasteiger partial charge is 0.497 e. The maximum absolute atomic E-state index is 12.6. The van der Waals surface area contributed by atoms with Crippen molar-refractivity contribution in [2.75, 3.05) is 13.7 Å². The third-order valence-electron chi connectivity index (χ3n) is 7.36. The fourth-order valence-electron chi connectivity index (χ4n) is 6.65. The molecular formula is C25H27BrO4. The molecule has 4 saturated carbocycles. The van der Waals surface area contributed by atoms with Crippen molar-refractivity contribution in [3.8, 4) is 5.75 Å². The number of fused-ring (bicyclic) bond motifs is 1. The predicted molar refractivity (Wildman–Crippen MR) is 119 cm³/mol. The van der Waals surface area contributed by atoms with Crippen LogP contribution in [0.4, 0.5) is 0 Å². The van der Waals surface area contributed by atoms with Gasteiger partial charge in [-0.15, -0.1) is 0 Å². The van der Waals surface area contributed by atoms with Crippen LogP contribution >= 0.6 is 15.9 Å². The smallest absolute Gasteiger partial charge is 0.306 e. The van der Waals surface area contributed by atoms with Crippen LogP contribution in [-0.4, -0.2) is 29.8 Å². The Morgan fingerprint density at radius 3 is 2.43 bits per heavy atom. The van der Waals surface area contributed by atoms with Crippen LogP contribution in [0.2, 0.25) is 0 Å². The molecule has 0 heterocycles. The van der Waals surface area contributed by atoms with Crippen LogP contribution in [0.5, 0.6) is 5.75 Å². The van der Waals surface area contributed by atoms with E-state index in [1.165, 1.54) is 19.3 Å². The van der Waals surface area contributed by atoms with E-state index in [1.807, 2.05) is 30.3 Å². The second kappa shape index (κ2) is 7.37. The van der Waals surface area contributed by atoms with Crippen LogP contribution in [0.1, 0.15) is 55.3 Å². The van der Waals surface area contributed by atoms with Crippen molar-refractivity contribution in [1.82, 2.24) is 0 Å². The average molecular weight is 471 g/mol. The first kappa shape index (κ1) is 20.0. The number of benzene rings is 2. The molecule has 6 rings (SSSR count). The lowest BCUT2D eigenvalue weighted by atomic mass is 9.49. The molecule has 158 valence electrons. The Kier molecular flexibility index (Phi) is 4.92. The number of esters is 1. The van der Waals surface area contributed by atoms with Crippen molar-refractivity contribution >= 4 is 38.5 Å². The lowest BCUT2D eigenvalue weighted by Gasteiger charge is -2.60. The van der Waals surface area contributed by atoms with E-state index in [0.29, 0.717) is 12.0 Å². The van der Waals surface area contributed by atoms with Gasteiger partial charge in [0.05, 0.1) is 13.5 Å². The second-order valence-corrected chi connectivity index (χ2v) is 11.5. The normalized spacial score (nSPS) is 31.7. The summed E-state index contributed by atoms with van der Waals surface area (Å²) in [5, 5.41) is 1.97. The topological polar surface area (TPSA) is 52.6 Å². The fraction of sp³-hybridized carbons (Fsp3) is 0.520. The lowest BCUT2D eigenvalue weighted by Crippen LogP contribution is -2.53. The molecule has 30 heavy (non-hydrogen) atoms. The van der Waals surface area contributed by atoms with Crippen LogP contribution in [0.15, 0.2) is 36.4 Å². The molecule has 4 fully saturated rings. The highest BCUT2D eigenvalue weighted by atomic mass is 79.9. The van der Waals surface area contributed by atoms with Gasteiger partial charge in [-0.3, -0.25) is 9.59 Å². The first-order chi connectivity index (χ1) is 14.4. The van der Waals surface area contributed by atoms with Gasteiger partial charge in [-0.2, -0.15) is 0 Å². The molecule has 4 aliphatic rings. The minimum atomic E-state index is -0.230. The number of hydrogen-bond acceptors (Lipinski definition) is 4. The minimum absolute atomic E-state index is 0.0652. The summed E-state index contributed by atoms with van der Waals surface area (Å²) < 4.78 is 10.9. The van der Waals surface area contributed by atoms with Crippen molar-refractivity contribution in [1.29, 1.82) is 0 Å². The molecule has 0 radical (unpaired) electrons. The van der Waals surface area contributed by atoms with E-state index in [0.717, 1.165) is 47.6 Å². The van der Waals surface area contributed by atoms with Gasteiger partial charge in [0, 0.05) is 9.89 Å². The zero-order valence-corrected chi connectivity index (χ0v) is 18.9. The van der Waals surface area contributed by atoms with E-state index in [-0.39, 0.29) is 28.1 Å². The van der Waals surface area contributed by atoms with Gasteiger partial charge in [-0.1, -0.05) is 34.1 Å². The molecular weight excluding hydrogens is 444 g/mol. The van der Waals surface area contributed by atoms with E-state index in [4.69, 9.17) is 9.47 Å². The van der Waals surface area contributed by atoms with Gasteiger partial charge in [0.2, 0.25) is 0 Å². The number of halogens is 1. The monoisotopic (exact) mass is 470 g/mol. The van der Waals surface area contributed by atoms with Crippen LogP contribution in [0.25, 0.3) is 10.8 Å². The second-order valence-electron chi connectivity index (χ2n) is 9.80. The standard InChI is InChI=1S/C25H27BrO4/c1-29-21-5-4-18-7-20(3-2-19(18)8-21)22(27)14-30-23(28)13-24-9-16-6-17(10-24)12-25(26,11-16)15-24/h2-5,7-8,16-17H,6,9-15H2,1H3. The molecule has 0 amide bonds. The molecule has 2 aromatic rings. The Balaban J connectivity index is 1.21. The summed E-state index contributed by atoms with van der Waals surface area (Å²) in [5.74, 6) is 1.86. The average Bonchev–Trinajstić information content (AvgIpc) is 2.69. The summed E-state index contributed by atoms with van der Waals surface area (Å²) in [6.45, 7) is -0.192. The van der Waals surface area contributed by atoms with Crippen LogP contribution in [0.3, 0.4) is 0 Å². The van der Waals surface area contributed by atoms with Gasteiger partial charge >= 0.3 is 5.97 Å². The lowest BCUT2D eigenvalue weighted by molar-refractivity contribution is -0.149. The molecule has 4 aliphatic carbocycles. The Labute approximate surface area is 185 Å². The van der Waals surface area contributed by atoms with Gasteiger partial charge in [0.25, 0.3) is 0 Å². The number of carbonyl (C=O) groups is 2. The highest BCUT2D eigenvalue weighted by molar-refractivity contribution is 9.10. The SMILES string of the molecule is COc1ccc2cc(C(=O)COC(=O)CC34CC5CC(CC(Br)(C5)C3)C4)ccc2c1. The Bertz CT molecular complexity index is 999. The number of hydrogen-bond donors (Lipinski definition) is 0. The number of alkyl halides is 1. The Hall–Kier alpha value is -1.88. The van der Waals surface area contributed by atoms with Crippen LogP contribution in [0, 0.1) is 17.3 Å². The zero-order valence-electron chi connectivity index (χ0n) is 17.3. The van der Waals surface area contributed by atoms with Crippen molar-refractivity contribution in [2.24, 2.45) is 17.3 Å². The molecule has 0 aliphatic heterocycles. The quantitative estimate of drug-likeness (QED) is 0.308. The van der Waals surface area contributed by atoms with Crippen LogP contribution < -0.4 is 4.74 Å². The third-order valence-corrected chi connectivity index (χ3v) is 8.29. The highest BCUT2D eigenvalue weighted by Crippen LogP contribution is 2.65. The van der Waals surface area contributed by atoms with Gasteiger partial charge in [0.1, 0.15) is 5.75 Å². The predicted octanol–water partition coefficient (Wildman–Crippen LogP) is 5.70. The van der Waals surface area contributed by atoms with Gasteiger partial charge in [-0.05, 0) is 84.7 Å². The number of carbonyl (C=O) groups excluding carboxylic acids is 2. The number of rotatable bonds is 6. The van der Waals surface area contributed by atoms with Crippen molar-refractivity contribution in [2.45, 2.75) is 49.3 Å². The highest BCUT2D eigenvalue weighted by Gasteiger charge is 2.57. The third kappa shape index (κ3) is 3.77. The van der Waals surface area contributed by atoms with E-state index >= 15 is 0 Å². The number of ketones is 1. The minimum Gasteiger partial charge on any atom is -0.497 e. The molecule has 0 saturated heterocycles. The maximum atomic E-state index is 12.6. The summed E-state index contributed by atoms with van der Waals surface area (Å²) in [6.07, 6.45) is 7.57. The Morgan fingerprint density at radius 2 is 1.73 bits per heavy atom. The first-order valence-electron chi connectivity index (χ1n) is 10.8. The molecule has 2 unspecified atom stereocenters. The summed E-state index contributed by atoms with van der Waals surface area (Å²) in [7, 11) is 1.63. The van der Waals surface area contributed by atoms with E-state index in [1.54, 1.807) is 13.2 Å². The number of Topliss-reactive ketones (excluding diaryl/α,β-unsaturated/α-hetero) is 1. The number of methoxy groups -OCH3 is 1. The van der Waals surface area contributed by atoms with Gasteiger partial charge in [-0.25, -0.2) is 0 Å². The van der Waals surface area contributed by atoms with E-state index < -0.39 is 0 Å². The molecule has 0 N–H and O–H groups in total. The van der Waals surface area contributed by atoms with E-state index in [2.05, 4.69) is 15.9 Å². The maximum Gasteiger partial charge on any atom is 0.306 e. The van der Waals surface area contributed by atoms with Crippen molar-refractivity contribution in [3.63, 3.8) is 0 Å². The Morgan fingerprint density at radius 1 is 1.03 bits per heavy atom. The fourth-order valence-corrected chi connectivity index (χ4v) is 8.16. The molecule has 4 nitrogen and oxygen atoms in total. The summed E-state index contributed by atoms with van der Waals surface area (Å²) in [6, 6.07) is 11.3. The van der Waals surface area contributed by atoms with Gasteiger partial charge in [0.15, 0.2) is 12.4 Å². The molecule has 4 bridgehead atoms. The molecule has 2 aromatic carbocycles. The summed E-state index contributed by atoms with van der Waals surface area (Å²) >= 11 is 3.99. The summed E-state index contributed by atoms with van der Waals surface area (Å²) in [5.41, 5.74) is 0.630.